The highest BCUT2D eigenvalue weighted by Gasteiger charge is 2.77. The van der Waals surface area contributed by atoms with Crippen molar-refractivity contribution in [3.05, 3.63) is 81.7 Å². The number of carboxylic acid groups (broad SMARTS) is 1. The van der Waals surface area contributed by atoms with Crippen molar-refractivity contribution in [3.8, 4) is 0 Å². The SMILES string of the molecule is O=C(CC(O)C(=O)O)OC1=C2OC3C(OC(=O)Cc4ccccc4Nc4c(Cl)cccc4Cl)CC[C@@]4(O)C5CC(C=C1)C2C34CCN5CC1CC1. The number of hydrogen-bond donors (Lipinski definition) is 4. The van der Waals surface area contributed by atoms with E-state index < -0.39 is 53.7 Å². The molecule has 3 saturated carbocycles. The molecular formula is C38H40Cl2N2O9. The number of carbonyl (C=O) groups excluding carboxylic acids is 2. The summed E-state index contributed by atoms with van der Waals surface area (Å²) in [6.07, 6.45) is 4.10. The molecule has 4 aliphatic carbocycles. The molecule has 2 aliphatic heterocycles. The summed E-state index contributed by atoms with van der Waals surface area (Å²) in [5, 5.41) is 35.9. The number of aliphatic carboxylic acids is 1. The number of allylic oxidation sites excluding steroid dienone is 3. The molecule has 11 nitrogen and oxygen atoms in total. The molecule has 8 atom stereocenters. The molecule has 5 fully saturated rings. The number of piperidine rings is 1. The number of anilines is 2. The van der Waals surface area contributed by atoms with E-state index in [2.05, 4.69) is 10.2 Å². The molecular weight excluding hydrogens is 699 g/mol. The number of rotatable bonds is 11. The Balaban J connectivity index is 1.08. The smallest absolute Gasteiger partial charge is 0.333 e. The van der Waals surface area contributed by atoms with Crippen LogP contribution in [0.3, 0.4) is 0 Å². The Labute approximate surface area is 305 Å². The lowest BCUT2D eigenvalue weighted by Gasteiger charge is -2.66. The number of para-hydroxylation sites is 2. The number of aliphatic hydroxyl groups is 2. The number of likely N-dealkylation sites (tertiary alicyclic amines) is 1. The van der Waals surface area contributed by atoms with Crippen LogP contribution in [0.4, 0.5) is 11.4 Å². The van der Waals surface area contributed by atoms with E-state index in [0.29, 0.717) is 64.3 Å². The van der Waals surface area contributed by atoms with Gasteiger partial charge >= 0.3 is 17.9 Å². The fourth-order valence-electron chi connectivity index (χ4n) is 9.56. The molecule has 51 heavy (non-hydrogen) atoms. The summed E-state index contributed by atoms with van der Waals surface area (Å²) in [6.45, 7) is 1.70. The Hall–Kier alpha value is -3.61. The van der Waals surface area contributed by atoms with Gasteiger partial charge in [-0.25, -0.2) is 4.79 Å². The van der Waals surface area contributed by atoms with Gasteiger partial charge in [-0.2, -0.15) is 0 Å². The second-order valence-corrected chi connectivity index (χ2v) is 15.6. The number of esters is 2. The van der Waals surface area contributed by atoms with Crippen LogP contribution in [0.25, 0.3) is 0 Å². The number of carbonyl (C=O) groups is 3. The molecule has 7 unspecified atom stereocenters. The van der Waals surface area contributed by atoms with Crippen LogP contribution < -0.4 is 5.32 Å². The van der Waals surface area contributed by atoms with Crippen molar-refractivity contribution in [1.82, 2.24) is 4.90 Å². The van der Waals surface area contributed by atoms with Crippen molar-refractivity contribution in [1.29, 1.82) is 0 Å². The van der Waals surface area contributed by atoms with Crippen molar-refractivity contribution >= 4 is 52.5 Å². The number of nitrogens with zero attached hydrogens (tertiary/aromatic N) is 1. The lowest BCUT2D eigenvalue weighted by Crippen LogP contribution is -2.77. The number of benzene rings is 2. The van der Waals surface area contributed by atoms with E-state index in [0.717, 1.165) is 13.1 Å². The van der Waals surface area contributed by atoms with Gasteiger partial charge in [-0.3, -0.25) is 14.5 Å². The highest BCUT2D eigenvalue weighted by Crippen LogP contribution is 2.70. The first kappa shape index (κ1) is 34.5. The van der Waals surface area contributed by atoms with E-state index in [1.54, 1.807) is 24.3 Å². The molecule has 270 valence electrons. The minimum absolute atomic E-state index is 0.0200. The monoisotopic (exact) mass is 738 g/mol. The van der Waals surface area contributed by atoms with Crippen LogP contribution in [0.5, 0.6) is 0 Å². The maximum Gasteiger partial charge on any atom is 0.333 e. The largest absolute Gasteiger partial charge is 0.486 e. The molecule has 0 aromatic heterocycles. The van der Waals surface area contributed by atoms with Gasteiger partial charge in [-0.05, 0) is 86.7 Å². The predicted octanol–water partition coefficient (Wildman–Crippen LogP) is 5.38. The fraction of sp³-hybridized carbons (Fsp3) is 0.500. The first-order chi connectivity index (χ1) is 24.5. The zero-order chi connectivity index (χ0) is 35.7. The second kappa shape index (κ2) is 13.1. The van der Waals surface area contributed by atoms with E-state index in [1.807, 2.05) is 30.3 Å². The number of ether oxygens (including phenoxy) is 3. The molecule has 13 heteroatoms. The van der Waals surface area contributed by atoms with Crippen LogP contribution >= 0.6 is 23.2 Å². The van der Waals surface area contributed by atoms with Gasteiger partial charge in [0.15, 0.2) is 11.9 Å². The quantitative estimate of drug-likeness (QED) is 0.220. The van der Waals surface area contributed by atoms with Gasteiger partial charge in [0.05, 0.1) is 39.6 Å². The van der Waals surface area contributed by atoms with Gasteiger partial charge < -0.3 is 34.8 Å². The summed E-state index contributed by atoms with van der Waals surface area (Å²) < 4.78 is 18.7. The summed E-state index contributed by atoms with van der Waals surface area (Å²) in [5.41, 5.74) is -0.0925. The third-order valence-corrected chi connectivity index (χ3v) is 12.6. The molecule has 2 aromatic carbocycles. The zero-order valence-electron chi connectivity index (χ0n) is 27.8. The van der Waals surface area contributed by atoms with E-state index in [-0.39, 0.29) is 30.1 Å². The van der Waals surface area contributed by atoms with Gasteiger partial charge in [-0.15, -0.1) is 0 Å². The number of nitrogens with one attached hydrogen (secondary N) is 1. The van der Waals surface area contributed by atoms with Crippen LogP contribution in [0.2, 0.25) is 10.0 Å². The standard InChI is InChI=1S/C38H40Cl2N2O9/c39-23-5-3-6-24(40)33(23)41-25-7-2-1-4-21(25)17-30(44)50-28-12-13-38(48)29-16-22-10-11-27(49-31(45)18-26(43)36(46)47)34-32(22)37(38,35(28)51-34)14-15-42(29)19-20-8-9-20/h1-7,10-11,20,22,26,28-29,32,35,41,43,48H,8-9,12-19H2,(H,46,47)/t22?,26?,28?,29?,32?,35?,37?,38-/m1/s1. The second-order valence-electron chi connectivity index (χ2n) is 14.8. The van der Waals surface area contributed by atoms with Gasteiger partial charge in [0, 0.05) is 24.2 Å². The van der Waals surface area contributed by atoms with Crippen LogP contribution in [0, 0.1) is 23.2 Å². The highest BCUT2D eigenvalue weighted by molar-refractivity contribution is 6.39. The molecule has 4 N–H and O–H groups in total. The lowest BCUT2D eigenvalue weighted by atomic mass is 9.44. The van der Waals surface area contributed by atoms with E-state index in [1.165, 1.54) is 12.8 Å². The summed E-state index contributed by atoms with van der Waals surface area (Å²) >= 11 is 12.8. The molecule has 0 radical (unpaired) electrons. The van der Waals surface area contributed by atoms with Crippen LogP contribution in [-0.2, 0) is 35.0 Å². The average Bonchev–Trinajstić information content (AvgIpc) is 3.83. The summed E-state index contributed by atoms with van der Waals surface area (Å²) in [6, 6.07) is 12.4. The van der Waals surface area contributed by atoms with Crippen molar-refractivity contribution in [2.75, 3.05) is 18.4 Å². The number of carboxylic acids is 1. The minimum Gasteiger partial charge on any atom is -0.486 e. The van der Waals surface area contributed by atoms with Crippen molar-refractivity contribution in [3.63, 3.8) is 0 Å². The highest BCUT2D eigenvalue weighted by atomic mass is 35.5. The average molecular weight is 740 g/mol. The molecule has 2 bridgehead atoms. The van der Waals surface area contributed by atoms with E-state index >= 15 is 0 Å². The van der Waals surface area contributed by atoms with Crippen LogP contribution in [0.1, 0.15) is 50.5 Å². The predicted molar refractivity (Wildman–Crippen MR) is 186 cm³/mol. The molecule has 1 spiro atoms. The topological polar surface area (TPSA) is 155 Å². The first-order valence-electron chi connectivity index (χ1n) is 17.6. The van der Waals surface area contributed by atoms with Gasteiger partial charge in [0.1, 0.15) is 18.0 Å². The van der Waals surface area contributed by atoms with Crippen LogP contribution in [-0.4, -0.2) is 81.2 Å². The fourth-order valence-corrected chi connectivity index (χ4v) is 10.1. The van der Waals surface area contributed by atoms with E-state index in [9.17, 15) is 24.6 Å². The summed E-state index contributed by atoms with van der Waals surface area (Å²) in [7, 11) is 0. The Bertz CT molecular complexity index is 1810. The molecule has 6 aliphatic rings. The summed E-state index contributed by atoms with van der Waals surface area (Å²) in [4.78, 5) is 40.2. The Morgan fingerprint density at radius 1 is 1.04 bits per heavy atom. The molecule has 2 aromatic rings. The third kappa shape index (κ3) is 5.91. The maximum absolute atomic E-state index is 13.8. The Morgan fingerprint density at radius 3 is 2.55 bits per heavy atom. The maximum atomic E-state index is 13.8. The van der Waals surface area contributed by atoms with Crippen LogP contribution in [0.15, 0.2) is 66.1 Å². The van der Waals surface area contributed by atoms with Crippen molar-refractivity contribution in [2.45, 2.75) is 81.3 Å². The molecule has 8 rings (SSSR count). The van der Waals surface area contributed by atoms with Crippen molar-refractivity contribution < 1.29 is 43.9 Å². The first-order valence-corrected chi connectivity index (χ1v) is 18.4. The number of hydrogen-bond acceptors (Lipinski definition) is 10. The number of aliphatic hydroxyl groups excluding tert-OH is 1. The minimum atomic E-state index is -1.91. The summed E-state index contributed by atoms with van der Waals surface area (Å²) in [5.74, 6) is -2.07. The Morgan fingerprint density at radius 2 is 1.80 bits per heavy atom. The third-order valence-electron chi connectivity index (χ3n) is 11.9. The lowest BCUT2D eigenvalue weighted by molar-refractivity contribution is -0.270. The number of halogens is 2. The Kier molecular flexibility index (Phi) is 8.86. The zero-order valence-corrected chi connectivity index (χ0v) is 29.3. The molecule has 2 heterocycles. The van der Waals surface area contributed by atoms with E-state index in [4.69, 9.17) is 42.5 Å². The van der Waals surface area contributed by atoms with Gasteiger partial charge in [-0.1, -0.05) is 53.5 Å². The molecule has 0 amide bonds. The van der Waals surface area contributed by atoms with Crippen molar-refractivity contribution in [2.24, 2.45) is 23.2 Å². The normalized spacial score (nSPS) is 32.4. The van der Waals surface area contributed by atoms with Gasteiger partial charge in [0.25, 0.3) is 0 Å². The van der Waals surface area contributed by atoms with Gasteiger partial charge in [0.2, 0.25) is 0 Å². The molecule has 2 saturated heterocycles.